The first-order chi connectivity index (χ1) is 7.54. The normalized spacial score (nSPS) is 12.2. The molecule has 0 aliphatic heterocycles. The third-order valence-corrected chi connectivity index (χ3v) is 2.86. The molecule has 1 unspecified atom stereocenters. The number of carbonyl (C=O) groups excluding carboxylic acids is 1. The lowest BCUT2D eigenvalue weighted by Crippen LogP contribution is -2.30. The molecule has 0 aliphatic rings. The van der Waals surface area contributed by atoms with Gasteiger partial charge in [0.05, 0.1) is 16.6 Å². The number of alkyl halides is 1. The third kappa shape index (κ3) is 3.49. The number of hydrogen-bond acceptors (Lipinski definition) is 2. The third-order valence-electron chi connectivity index (χ3n) is 2.40. The maximum absolute atomic E-state index is 11.8. The van der Waals surface area contributed by atoms with Gasteiger partial charge in [0, 0.05) is 12.2 Å². The predicted molar refractivity (Wildman–Crippen MR) is 66.0 cm³/mol. The number of nitrogens with zero attached hydrogens (tertiary/aromatic N) is 1. The van der Waals surface area contributed by atoms with E-state index in [2.05, 4.69) is 10.3 Å². The molecule has 3 nitrogen and oxygen atoms in total. The lowest BCUT2D eigenvalue weighted by atomic mass is 10.1. The molecule has 0 saturated carbocycles. The molecule has 0 saturated heterocycles. The van der Waals surface area contributed by atoms with Gasteiger partial charge >= 0.3 is 0 Å². The summed E-state index contributed by atoms with van der Waals surface area (Å²) in [5.41, 5.74) is 2.28. The smallest absolute Gasteiger partial charge is 0.253 e. The quantitative estimate of drug-likeness (QED) is 0.822. The number of pyridine rings is 1. The van der Waals surface area contributed by atoms with Gasteiger partial charge in [-0.15, -0.1) is 11.6 Å². The van der Waals surface area contributed by atoms with Gasteiger partial charge in [-0.2, -0.15) is 0 Å². The molecule has 88 valence electrons. The number of nitrogens with one attached hydrogen (secondary N) is 1. The van der Waals surface area contributed by atoms with Gasteiger partial charge in [-0.3, -0.25) is 9.78 Å². The Morgan fingerprint density at radius 2 is 2.19 bits per heavy atom. The Hall–Kier alpha value is -1.09. The summed E-state index contributed by atoms with van der Waals surface area (Å²) in [6.45, 7) is 6.22. The number of carbonyl (C=O) groups is 1. The Labute approximate surface area is 101 Å². The highest BCUT2D eigenvalue weighted by Gasteiger charge is 2.10. The average molecular weight is 241 g/mol. The van der Waals surface area contributed by atoms with Crippen LogP contribution in [0.2, 0.25) is 0 Å². The van der Waals surface area contributed by atoms with Crippen molar-refractivity contribution in [2.75, 3.05) is 6.54 Å². The van der Waals surface area contributed by atoms with E-state index in [1.165, 1.54) is 0 Å². The van der Waals surface area contributed by atoms with Crippen LogP contribution in [-0.2, 0) is 0 Å². The van der Waals surface area contributed by atoms with E-state index in [1.54, 1.807) is 6.07 Å². The van der Waals surface area contributed by atoms with E-state index < -0.39 is 0 Å². The Balaban J connectivity index is 2.66. The molecule has 0 bridgehead atoms. The second-order valence-electron chi connectivity index (χ2n) is 3.80. The van der Waals surface area contributed by atoms with Crippen molar-refractivity contribution in [1.29, 1.82) is 0 Å². The van der Waals surface area contributed by atoms with Crippen LogP contribution in [0.25, 0.3) is 0 Å². The summed E-state index contributed by atoms with van der Waals surface area (Å²) >= 11 is 5.93. The summed E-state index contributed by atoms with van der Waals surface area (Å²) in [6.07, 6.45) is 0.840. The standard InChI is InChI=1S/C12H17ClN2O/c1-4-10(13)7-14-12(16)11-6-5-8(2)15-9(11)3/h5-6,10H,4,7H2,1-3H3,(H,14,16). The molecule has 1 rings (SSSR count). The van der Waals surface area contributed by atoms with Crippen LogP contribution in [0.15, 0.2) is 12.1 Å². The van der Waals surface area contributed by atoms with E-state index in [-0.39, 0.29) is 11.3 Å². The molecule has 1 heterocycles. The Kier molecular flexibility index (Phi) is 4.74. The van der Waals surface area contributed by atoms with Crippen molar-refractivity contribution in [3.63, 3.8) is 0 Å². The zero-order valence-corrected chi connectivity index (χ0v) is 10.6. The Morgan fingerprint density at radius 1 is 1.50 bits per heavy atom. The second kappa shape index (κ2) is 5.85. The summed E-state index contributed by atoms with van der Waals surface area (Å²) in [4.78, 5) is 16.0. The van der Waals surface area contributed by atoms with E-state index in [9.17, 15) is 4.79 Å². The summed E-state index contributed by atoms with van der Waals surface area (Å²) in [7, 11) is 0. The molecule has 0 radical (unpaired) electrons. The van der Waals surface area contributed by atoms with Crippen LogP contribution in [0.1, 0.15) is 35.1 Å². The first-order valence-electron chi connectivity index (χ1n) is 5.41. The van der Waals surface area contributed by atoms with Crippen LogP contribution < -0.4 is 5.32 Å². The average Bonchev–Trinajstić information content (AvgIpc) is 2.25. The van der Waals surface area contributed by atoms with E-state index in [0.717, 1.165) is 17.8 Å². The molecular weight excluding hydrogens is 224 g/mol. The minimum absolute atomic E-state index is 0.0114. The van der Waals surface area contributed by atoms with Crippen LogP contribution in [0.5, 0.6) is 0 Å². The molecule has 1 aromatic heterocycles. The summed E-state index contributed by atoms with van der Waals surface area (Å²) in [6, 6.07) is 3.63. The molecule has 1 atom stereocenters. The van der Waals surface area contributed by atoms with Crippen LogP contribution in [0.4, 0.5) is 0 Å². The highest BCUT2D eigenvalue weighted by atomic mass is 35.5. The van der Waals surface area contributed by atoms with Crippen molar-refractivity contribution in [2.45, 2.75) is 32.6 Å². The minimum Gasteiger partial charge on any atom is -0.350 e. The Morgan fingerprint density at radius 3 is 2.75 bits per heavy atom. The number of hydrogen-bond donors (Lipinski definition) is 1. The molecule has 1 N–H and O–H groups in total. The number of aromatic nitrogens is 1. The second-order valence-corrected chi connectivity index (χ2v) is 4.42. The molecule has 0 aliphatic carbocycles. The van der Waals surface area contributed by atoms with Crippen LogP contribution in [0.3, 0.4) is 0 Å². The molecular formula is C12H17ClN2O. The van der Waals surface area contributed by atoms with Crippen LogP contribution >= 0.6 is 11.6 Å². The number of halogens is 1. The topological polar surface area (TPSA) is 42.0 Å². The molecule has 0 spiro atoms. The van der Waals surface area contributed by atoms with Gasteiger partial charge in [0.25, 0.3) is 5.91 Å². The van der Waals surface area contributed by atoms with Gasteiger partial charge < -0.3 is 5.32 Å². The van der Waals surface area contributed by atoms with Gasteiger partial charge in [0.2, 0.25) is 0 Å². The zero-order chi connectivity index (χ0) is 12.1. The van der Waals surface area contributed by atoms with Gasteiger partial charge in [-0.25, -0.2) is 0 Å². The summed E-state index contributed by atoms with van der Waals surface area (Å²) in [5.74, 6) is -0.107. The molecule has 4 heteroatoms. The summed E-state index contributed by atoms with van der Waals surface area (Å²) in [5, 5.41) is 2.79. The van der Waals surface area contributed by atoms with Gasteiger partial charge in [-0.1, -0.05) is 6.92 Å². The van der Waals surface area contributed by atoms with Crippen LogP contribution in [-0.4, -0.2) is 22.8 Å². The van der Waals surface area contributed by atoms with Crippen molar-refractivity contribution >= 4 is 17.5 Å². The highest BCUT2D eigenvalue weighted by Crippen LogP contribution is 2.07. The van der Waals surface area contributed by atoms with Crippen molar-refractivity contribution in [1.82, 2.24) is 10.3 Å². The largest absolute Gasteiger partial charge is 0.350 e. The van der Waals surface area contributed by atoms with E-state index in [1.807, 2.05) is 26.8 Å². The number of rotatable bonds is 4. The number of aryl methyl sites for hydroxylation is 2. The zero-order valence-electron chi connectivity index (χ0n) is 9.88. The van der Waals surface area contributed by atoms with Crippen molar-refractivity contribution in [3.05, 3.63) is 29.1 Å². The maximum atomic E-state index is 11.8. The lowest BCUT2D eigenvalue weighted by molar-refractivity contribution is 0.0952. The fourth-order valence-electron chi connectivity index (χ4n) is 1.37. The molecule has 0 fully saturated rings. The fraction of sp³-hybridized carbons (Fsp3) is 0.500. The first kappa shape index (κ1) is 13.0. The van der Waals surface area contributed by atoms with Crippen molar-refractivity contribution in [3.8, 4) is 0 Å². The van der Waals surface area contributed by atoms with E-state index >= 15 is 0 Å². The minimum atomic E-state index is -0.107. The maximum Gasteiger partial charge on any atom is 0.253 e. The lowest BCUT2D eigenvalue weighted by Gasteiger charge is -2.10. The summed E-state index contributed by atoms with van der Waals surface area (Å²) < 4.78 is 0. The fourth-order valence-corrected chi connectivity index (χ4v) is 1.45. The van der Waals surface area contributed by atoms with Crippen molar-refractivity contribution < 1.29 is 4.79 Å². The van der Waals surface area contributed by atoms with Crippen LogP contribution in [0, 0.1) is 13.8 Å². The molecule has 0 aromatic carbocycles. The SMILES string of the molecule is CCC(Cl)CNC(=O)c1ccc(C)nc1C. The van der Waals surface area contributed by atoms with Gasteiger partial charge in [0.1, 0.15) is 0 Å². The molecule has 1 amide bonds. The molecule has 16 heavy (non-hydrogen) atoms. The van der Waals surface area contributed by atoms with Crippen molar-refractivity contribution in [2.24, 2.45) is 0 Å². The van der Waals surface area contributed by atoms with E-state index in [0.29, 0.717) is 12.1 Å². The monoisotopic (exact) mass is 240 g/mol. The van der Waals surface area contributed by atoms with E-state index in [4.69, 9.17) is 11.6 Å². The first-order valence-corrected chi connectivity index (χ1v) is 5.84. The highest BCUT2D eigenvalue weighted by molar-refractivity contribution is 6.20. The van der Waals surface area contributed by atoms with Gasteiger partial charge in [-0.05, 0) is 32.4 Å². The predicted octanol–water partition coefficient (Wildman–Crippen LogP) is 2.45. The number of amides is 1. The Bertz CT molecular complexity index is 379. The molecule has 1 aromatic rings. The van der Waals surface area contributed by atoms with Gasteiger partial charge in [0.15, 0.2) is 0 Å².